The molecule has 2 unspecified atom stereocenters. The maximum Gasteiger partial charge on any atom is 0.244 e. The lowest BCUT2D eigenvalue weighted by molar-refractivity contribution is -0.124. The number of rotatable bonds is 3. The van der Waals surface area contributed by atoms with Gasteiger partial charge in [-0.2, -0.15) is 0 Å². The van der Waals surface area contributed by atoms with E-state index >= 15 is 0 Å². The first-order chi connectivity index (χ1) is 9.02. The molecule has 0 bridgehead atoms. The van der Waals surface area contributed by atoms with Crippen LogP contribution in [0.5, 0.6) is 0 Å². The van der Waals surface area contributed by atoms with Crippen molar-refractivity contribution >= 4 is 11.6 Å². The Bertz CT molecular complexity index is 472. The molecule has 1 heterocycles. The van der Waals surface area contributed by atoms with Crippen LogP contribution in [0, 0.1) is 13.8 Å². The molecule has 1 aliphatic rings. The summed E-state index contributed by atoms with van der Waals surface area (Å²) in [4.78, 5) is 14.4. The Hall–Kier alpha value is -1.55. The Morgan fingerprint density at radius 3 is 2.79 bits per heavy atom. The van der Waals surface area contributed by atoms with Gasteiger partial charge in [-0.1, -0.05) is 17.7 Å². The fourth-order valence-electron chi connectivity index (χ4n) is 2.74. The molecule has 2 N–H and O–H groups in total. The summed E-state index contributed by atoms with van der Waals surface area (Å²) in [6.07, 6.45) is 0. The topological polar surface area (TPSA) is 44.4 Å². The number of benzene rings is 1. The number of carbonyl (C=O) groups is 1. The molecule has 1 aromatic carbocycles. The van der Waals surface area contributed by atoms with Crippen molar-refractivity contribution in [2.45, 2.75) is 32.9 Å². The SMILES string of the molecule is CNCC1C(=O)NC(C)CN1c1ccc(C)cc1C. The number of anilines is 1. The Kier molecular flexibility index (Phi) is 4.10. The molecule has 19 heavy (non-hydrogen) atoms. The summed E-state index contributed by atoms with van der Waals surface area (Å²) >= 11 is 0. The molecule has 0 aromatic heterocycles. The van der Waals surface area contributed by atoms with E-state index in [1.165, 1.54) is 11.1 Å². The van der Waals surface area contributed by atoms with Crippen LogP contribution < -0.4 is 15.5 Å². The monoisotopic (exact) mass is 261 g/mol. The molecular weight excluding hydrogens is 238 g/mol. The number of piperazine rings is 1. The molecule has 4 heteroatoms. The minimum atomic E-state index is -0.136. The molecule has 0 saturated carbocycles. The van der Waals surface area contributed by atoms with Crippen LogP contribution >= 0.6 is 0 Å². The van der Waals surface area contributed by atoms with Crippen LogP contribution in [0.1, 0.15) is 18.1 Å². The zero-order valence-electron chi connectivity index (χ0n) is 12.2. The van der Waals surface area contributed by atoms with Crippen LogP contribution in [0.3, 0.4) is 0 Å². The quantitative estimate of drug-likeness (QED) is 0.860. The standard InChI is InChI=1S/C15H23N3O/c1-10-5-6-13(11(2)7-10)18-9-12(3)17-15(19)14(18)8-16-4/h5-7,12,14,16H,8-9H2,1-4H3,(H,17,19). The summed E-state index contributed by atoms with van der Waals surface area (Å²) in [6, 6.07) is 6.45. The van der Waals surface area contributed by atoms with E-state index in [1.807, 2.05) is 14.0 Å². The Labute approximate surface area is 115 Å². The van der Waals surface area contributed by atoms with Crippen LogP contribution in [0.25, 0.3) is 0 Å². The Balaban J connectivity index is 2.34. The highest BCUT2D eigenvalue weighted by Crippen LogP contribution is 2.25. The van der Waals surface area contributed by atoms with Crippen molar-refractivity contribution in [1.29, 1.82) is 0 Å². The summed E-state index contributed by atoms with van der Waals surface area (Å²) in [6.45, 7) is 7.75. The van der Waals surface area contributed by atoms with Gasteiger partial charge >= 0.3 is 0 Å². The molecule has 0 radical (unpaired) electrons. The lowest BCUT2D eigenvalue weighted by Gasteiger charge is -2.40. The van der Waals surface area contributed by atoms with Crippen molar-refractivity contribution in [1.82, 2.24) is 10.6 Å². The summed E-state index contributed by atoms with van der Waals surface area (Å²) in [5, 5.41) is 6.13. The molecule has 1 fully saturated rings. The fraction of sp³-hybridized carbons (Fsp3) is 0.533. The van der Waals surface area contributed by atoms with Gasteiger partial charge < -0.3 is 15.5 Å². The first kappa shape index (κ1) is 13.9. The van der Waals surface area contributed by atoms with E-state index in [1.54, 1.807) is 0 Å². The van der Waals surface area contributed by atoms with E-state index in [-0.39, 0.29) is 18.0 Å². The maximum absolute atomic E-state index is 12.2. The lowest BCUT2D eigenvalue weighted by atomic mass is 10.0. The number of hydrogen-bond donors (Lipinski definition) is 2. The third kappa shape index (κ3) is 2.89. The summed E-state index contributed by atoms with van der Waals surface area (Å²) < 4.78 is 0. The van der Waals surface area contributed by atoms with Gasteiger partial charge in [-0.25, -0.2) is 0 Å². The van der Waals surface area contributed by atoms with Gasteiger partial charge in [0, 0.05) is 24.8 Å². The second-order valence-corrected chi connectivity index (χ2v) is 5.43. The van der Waals surface area contributed by atoms with Gasteiger partial charge in [0.1, 0.15) is 6.04 Å². The van der Waals surface area contributed by atoms with Crippen LogP contribution in [0.15, 0.2) is 18.2 Å². The first-order valence-corrected chi connectivity index (χ1v) is 6.81. The molecule has 2 atom stereocenters. The zero-order chi connectivity index (χ0) is 14.0. The minimum Gasteiger partial charge on any atom is -0.356 e. The molecule has 4 nitrogen and oxygen atoms in total. The number of nitrogens with one attached hydrogen (secondary N) is 2. The summed E-state index contributed by atoms with van der Waals surface area (Å²) in [5.41, 5.74) is 3.64. The van der Waals surface area contributed by atoms with Gasteiger partial charge in [0.25, 0.3) is 0 Å². The average Bonchev–Trinajstić information content (AvgIpc) is 2.32. The van der Waals surface area contributed by atoms with Crippen molar-refractivity contribution in [3.63, 3.8) is 0 Å². The van der Waals surface area contributed by atoms with Crippen molar-refractivity contribution < 1.29 is 4.79 Å². The van der Waals surface area contributed by atoms with Crippen molar-refractivity contribution in [3.05, 3.63) is 29.3 Å². The predicted molar refractivity (Wildman–Crippen MR) is 78.6 cm³/mol. The van der Waals surface area contributed by atoms with Gasteiger partial charge in [-0.15, -0.1) is 0 Å². The highest BCUT2D eigenvalue weighted by molar-refractivity contribution is 5.87. The van der Waals surface area contributed by atoms with Crippen LogP contribution in [-0.4, -0.2) is 38.1 Å². The molecule has 2 rings (SSSR count). The third-order valence-electron chi connectivity index (χ3n) is 3.60. The van der Waals surface area contributed by atoms with Crippen LogP contribution in [0.2, 0.25) is 0 Å². The first-order valence-electron chi connectivity index (χ1n) is 6.81. The second kappa shape index (κ2) is 5.61. The third-order valence-corrected chi connectivity index (χ3v) is 3.60. The number of aryl methyl sites for hydroxylation is 2. The highest BCUT2D eigenvalue weighted by atomic mass is 16.2. The highest BCUT2D eigenvalue weighted by Gasteiger charge is 2.32. The molecule has 1 aromatic rings. The fourth-order valence-corrected chi connectivity index (χ4v) is 2.74. The number of amides is 1. The molecule has 0 spiro atoms. The predicted octanol–water partition coefficient (Wildman–Crippen LogP) is 1.22. The van der Waals surface area contributed by atoms with Gasteiger partial charge in [-0.05, 0) is 39.4 Å². The van der Waals surface area contributed by atoms with Crippen LogP contribution in [-0.2, 0) is 4.79 Å². The van der Waals surface area contributed by atoms with Crippen molar-refractivity contribution in [2.75, 3.05) is 25.0 Å². The molecule has 104 valence electrons. The normalized spacial score (nSPS) is 23.4. The van der Waals surface area contributed by atoms with E-state index in [9.17, 15) is 4.79 Å². The van der Waals surface area contributed by atoms with Crippen molar-refractivity contribution in [3.8, 4) is 0 Å². The number of likely N-dealkylation sites (N-methyl/N-ethyl adjacent to an activating group) is 1. The smallest absolute Gasteiger partial charge is 0.244 e. The van der Waals surface area contributed by atoms with Crippen LogP contribution in [0.4, 0.5) is 5.69 Å². The Morgan fingerprint density at radius 2 is 2.16 bits per heavy atom. The number of carbonyl (C=O) groups excluding carboxylic acids is 1. The molecule has 1 saturated heterocycles. The molecule has 1 amide bonds. The number of hydrogen-bond acceptors (Lipinski definition) is 3. The molecule has 0 aliphatic carbocycles. The average molecular weight is 261 g/mol. The minimum absolute atomic E-state index is 0.105. The van der Waals surface area contributed by atoms with Gasteiger partial charge in [0.05, 0.1) is 0 Å². The van der Waals surface area contributed by atoms with E-state index in [4.69, 9.17) is 0 Å². The van der Waals surface area contributed by atoms with Gasteiger partial charge in [0.15, 0.2) is 0 Å². The summed E-state index contributed by atoms with van der Waals surface area (Å²) in [5.74, 6) is 0.105. The van der Waals surface area contributed by atoms with Gasteiger partial charge in [0.2, 0.25) is 5.91 Å². The molecule has 1 aliphatic heterocycles. The van der Waals surface area contributed by atoms with Gasteiger partial charge in [-0.3, -0.25) is 4.79 Å². The van der Waals surface area contributed by atoms with E-state index in [0.717, 1.165) is 12.2 Å². The van der Waals surface area contributed by atoms with Crippen molar-refractivity contribution in [2.24, 2.45) is 0 Å². The van der Waals surface area contributed by atoms with E-state index in [2.05, 4.69) is 47.6 Å². The maximum atomic E-state index is 12.2. The van der Waals surface area contributed by atoms with E-state index < -0.39 is 0 Å². The Morgan fingerprint density at radius 1 is 1.42 bits per heavy atom. The van der Waals surface area contributed by atoms with E-state index in [0.29, 0.717) is 6.54 Å². The molecular formula is C15H23N3O. The summed E-state index contributed by atoms with van der Waals surface area (Å²) in [7, 11) is 1.88. The number of nitrogens with zero attached hydrogens (tertiary/aromatic N) is 1. The zero-order valence-corrected chi connectivity index (χ0v) is 12.2. The second-order valence-electron chi connectivity index (χ2n) is 5.43. The lowest BCUT2D eigenvalue weighted by Crippen LogP contribution is -2.62. The largest absolute Gasteiger partial charge is 0.356 e.